The van der Waals surface area contributed by atoms with Crippen LogP contribution >= 0.6 is 11.3 Å². The number of hydrogen-bond donors (Lipinski definition) is 1. The number of aromatic nitrogens is 1. The first-order valence-electron chi connectivity index (χ1n) is 7.98. The standard InChI is InChI=1S/C18H23NO2S/c1-17(2,3)15-19-13-8-7-12(11-14(13)22-15)18(16(20)21)9-5-4-6-10-18/h7-8,11H,4-6,9-10H2,1-3H3,(H,20,21). The Labute approximate surface area is 135 Å². The van der Waals surface area contributed by atoms with E-state index < -0.39 is 11.4 Å². The fourth-order valence-corrected chi connectivity index (χ4v) is 4.39. The summed E-state index contributed by atoms with van der Waals surface area (Å²) >= 11 is 1.69. The molecule has 118 valence electrons. The molecule has 22 heavy (non-hydrogen) atoms. The second-order valence-corrected chi connectivity index (χ2v) is 8.43. The van der Waals surface area contributed by atoms with Crippen LogP contribution in [0.5, 0.6) is 0 Å². The molecule has 0 unspecified atom stereocenters. The van der Waals surface area contributed by atoms with Crippen molar-refractivity contribution in [2.24, 2.45) is 0 Å². The maximum atomic E-state index is 12.0. The number of carboxylic acid groups (broad SMARTS) is 1. The Balaban J connectivity index is 2.09. The van der Waals surface area contributed by atoms with Crippen LogP contribution in [0.25, 0.3) is 10.2 Å². The van der Waals surface area contributed by atoms with Crippen molar-refractivity contribution in [3.63, 3.8) is 0 Å². The number of carboxylic acids is 1. The van der Waals surface area contributed by atoms with E-state index >= 15 is 0 Å². The smallest absolute Gasteiger partial charge is 0.314 e. The zero-order chi connectivity index (χ0) is 16.0. The highest BCUT2D eigenvalue weighted by atomic mass is 32.1. The maximum Gasteiger partial charge on any atom is 0.314 e. The van der Waals surface area contributed by atoms with Gasteiger partial charge in [0.15, 0.2) is 0 Å². The Kier molecular flexibility index (Phi) is 3.76. The predicted molar refractivity (Wildman–Crippen MR) is 90.7 cm³/mol. The molecule has 2 aromatic rings. The number of rotatable bonds is 2. The predicted octanol–water partition coefficient (Wildman–Crippen LogP) is 4.88. The molecular weight excluding hydrogens is 294 g/mol. The van der Waals surface area contributed by atoms with Crippen molar-refractivity contribution in [3.05, 3.63) is 28.8 Å². The first kappa shape index (κ1) is 15.5. The zero-order valence-corrected chi connectivity index (χ0v) is 14.3. The molecule has 1 saturated carbocycles. The van der Waals surface area contributed by atoms with Crippen LogP contribution in [-0.4, -0.2) is 16.1 Å². The molecule has 1 heterocycles. The van der Waals surface area contributed by atoms with E-state index in [2.05, 4.69) is 26.8 Å². The maximum absolute atomic E-state index is 12.0. The van der Waals surface area contributed by atoms with Gasteiger partial charge in [-0.3, -0.25) is 4.79 Å². The molecule has 3 rings (SSSR count). The van der Waals surface area contributed by atoms with Crippen molar-refractivity contribution in [1.29, 1.82) is 0 Å². The van der Waals surface area contributed by atoms with Gasteiger partial charge in [-0.15, -0.1) is 11.3 Å². The number of hydrogen-bond acceptors (Lipinski definition) is 3. The topological polar surface area (TPSA) is 50.2 Å². The molecule has 0 radical (unpaired) electrons. The van der Waals surface area contributed by atoms with E-state index in [1.807, 2.05) is 12.1 Å². The minimum atomic E-state index is -0.696. The monoisotopic (exact) mass is 317 g/mol. The van der Waals surface area contributed by atoms with Gasteiger partial charge in [-0.1, -0.05) is 46.1 Å². The van der Waals surface area contributed by atoms with E-state index in [0.717, 1.165) is 52.9 Å². The number of fused-ring (bicyclic) bond motifs is 1. The summed E-state index contributed by atoms with van der Waals surface area (Å²) < 4.78 is 1.11. The lowest BCUT2D eigenvalue weighted by Gasteiger charge is -2.33. The molecule has 1 aromatic heterocycles. The van der Waals surface area contributed by atoms with Gasteiger partial charge in [0.2, 0.25) is 0 Å². The molecule has 4 heteroatoms. The van der Waals surface area contributed by atoms with E-state index in [4.69, 9.17) is 4.98 Å². The van der Waals surface area contributed by atoms with Crippen LogP contribution < -0.4 is 0 Å². The largest absolute Gasteiger partial charge is 0.481 e. The molecule has 1 fully saturated rings. The SMILES string of the molecule is CC(C)(C)c1nc2ccc(C3(C(=O)O)CCCCC3)cc2s1. The number of benzene rings is 1. The molecule has 1 aliphatic rings. The van der Waals surface area contributed by atoms with Crippen LogP contribution in [-0.2, 0) is 15.6 Å². The van der Waals surface area contributed by atoms with E-state index in [9.17, 15) is 9.90 Å². The zero-order valence-electron chi connectivity index (χ0n) is 13.5. The highest BCUT2D eigenvalue weighted by Crippen LogP contribution is 2.41. The Morgan fingerprint density at radius 1 is 1.23 bits per heavy atom. The van der Waals surface area contributed by atoms with Gasteiger partial charge in [-0.05, 0) is 30.5 Å². The first-order valence-corrected chi connectivity index (χ1v) is 8.79. The third-order valence-electron chi connectivity index (χ3n) is 4.70. The summed E-state index contributed by atoms with van der Waals surface area (Å²) in [6.45, 7) is 6.47. The minimum absolute atomic E-state index is 0.0270. The van der Waals surface area contributed by atoms with Gasteiger partial charge in [-0.2, -0.15) is 0 Å². The van der Waals surface area contributed by atoms with Crippen LogP contribution in [0.2, 0.25) is 0 Å². The molecule has 1 aliphatic carbocycles. The van der Waals surface area contributed by atoms with Crippen molar-refractivity contribution < 1.29 is 9.90 Å². The first-order chi connectivity index (χ1) is 10.3. The highest BCUT2D eigenvalue weighted by molar-refractivity contribution is 7.18. The summed E-state index contributed by atoms with van der Waals surface area (Å²) in [5.41, 5.74) is 1.27. The lowest BCUT2D eigenvalue weighted by molar-refractivity contribution is -0.145. The van der Waals surface area contributed by atoms with Gasteiger partial charge in [0.25, 0.3) is 0 Å². The third-order valence-corrected chi connectivity index (χ3v) is 6.14. The van der Waals surface area contributed by atoms with Gasteiger partial charge >= 0.3 is 5.97 Å². The molecule has 0 saturated heterocycles. The van der Waals surface area contributed by atoms with Crippen molar-refractivity contribution in [3.8, 4) is 0 Å². The minimum Gasteiger partial charge on any atom is -0.481 e. The third kappa shape index (κ3) is 2.54. The van der Waals surface area contributed by atoms with Crippen molar-refractivity contribution in [2.75, 3.05) is 0 Å². The number of carbonyl (C=O) groups is 1. The highest BCUT2D eigenvalue weighted by Gasteiger charge is 2.41. The lowest BCUT2D eigenvalue weighted by atomic mass is 9.69. The Morgan fingerprint density at radius 3 is 2.50 bits per heavy atom. The molecule has 0 amide bonds. The van der Waals surface area contributed by atoms with Crippen LogP contribution in [0.3, 0.4) is 0 Å². The quantitative estimate of drug-likeness (QED) is 0.858. The molecule has 0 aliphatic heterocycles. The summed E-state index contributed by atoms with van der Waals surface area (Å²) in [5.74, 6) is -0.674. The van der Waals surface area contributed by atoms with Crippen molar-refractivity contribution >= 4 is 27.5 Å². The van der Waals surface area contributed by atoms with E-state index in [1.165, 1.54) is 0 Å². The second kappa shape index (κ2) is 5.34. The van der Waals surface area contributed by atoms with Crippen molar-refractivity contribution in [1.82, 2.24) is 4.98 Å². The van der Waals surface area contributed by atoms with Crippen LogP contribution in [0, 0.1) is 0 Å². The lowest BCUT2D eigenvalue weighted by Crippen LogP contribution is -2.37. The van der Waals surface area contributed by atoms with Crippen LogP contribution in [0.15, 0.2) is 18.2 Å². The fourth-order valence-electron chi connectivity index (χ4n) is 3.32. The summed E-state index contributed by atoms with van der Waals surface area (Å²) in [5, 5.41) is 10.9. The molecule has 0 spiro atoms. The molecule has 1 aromatic carbocycles. The molecule has 3 nitrogen and oxygen atoms in total. The number of thiazole rings is 1. The van der Waals surface area contributed by atoms with Crippen LogP contribution in [0.1, 0.15) is 63.4 Å². The summed E-state index contributed by atoms with van der Waals surface area (Å²) in [7, 11) is 0. The second-order valence-electron chi connectivity index (χ2n) is 7.40. The number of aliphatic carboxylic acids is 1. The average Bonchev–Trinajstić information content (AvgIpc) is 2.91. The van der Waals surface area contributed by atoms with E-state index in [1.54, 1.807) is 11.3 Å². The normalized spacial score (nSPS) is 18.5. The van der Waals surface area contributed by atoms with Gasteiger partial charge in [-0.25, -0.2) is 4.98 Å². The summed E-state index contributed by atoms with van der Waals surface area (Å²) in [6, 6.07) is 6.05. The molecule has 0 bridgehead atoms. The van der Waals surface area contributed by atoms with Gasteiger partial charge < -0.3 is 5.11 Å². The van der Waals surface area contributed by atoms with Crippen LogP contribution in [0.4, 0.5) is 0 Å². The van der Waals surface area contributed by atoms with Crippen molar-refractivity contribution in [2.45, 2.75) is 63.7 Å². The number of nitrogens with zero attached hydrogens (tertiary/aromatic N) is 1. The van der Waals surface area contributed by atoms with E-state index in [0.29, 0.717) is 0 Å². The van der Waals surface area contributed by atoms with Gasteiger partial charge in [0.1, 0.15) is 0 Å². The fraction of sp³-hybridized carbons (Fsp3) is 0.556. The molecular formula is C18H23NO2S. The average molecular weight is 317 g/mol. The summed E-state index contributed by atoms with van der Waals surface area (Å²) in [4.78, 5) is 16.7. The van der Waals surface area contributed by atoms with E-state index in [-0.39, 0.29) is 5.41 Å². The Hall–Kier alpha value is -1.42. The molecule has 0 atom stereocenters. The Bertz CT molecular complexity index is 705. The van der Waals surface area contributed by atoms with Gasteiger partial charge in [0.05, 0.1) is 20.6 Å². The Morgan fingerprint density at radius 2 is 1.91 bits per heavy atom. The van der Waals surface area contributed by atoms with Gasteiger partial charge in [0, 0.05) is 5.41 Å². The summed E-state index contributed by atoms with van der Waals surface area (Å²) in [6.07, 6.45) is 4.64. The molecule has 1 N–H and O–H groups in total.